The summed E-state index contributed by atoms with van der Waals surface area (Å²) < 4.78 is 18.0. The number of phenolic OH excluding ortho intramolecular Hbond substituents is 1. The SMILES string of the molecule is COc1c(F)cc(C)c(C(N)CO)c1O. The summed E-state index contributed by atoms with van der Waals surface area (Å²) >= 11 is 0. The van der Waals surface area contributed by atoms with Crippen LogP contribution in [0.25, 0.3) is 0 Å². The van der Waals surface area contributed by atoms with Crippen LogP contribution in [0.2, 0.25) is 0 Å². The molecule has 4 nitrogen and oxygen atoms in total. The maximum absolute atomic E-state index is 13.3. The van der Waals surface area contributed by atoms with Crippen molar-refractivity contribution in [2.24, 2.45) is 5.73 Å². The number of rotatable bonds is 3. The second-order valence-corrected chi connectivity index (χ2v) is 3.26. The third kappa shape index (κ3) is 2.03. The van der Waals surface area contributed by atoms with Crippen LogP contribution in [-0.4, -0.2) is 23.9 Å². The zero-order valence-electron chi connectivity index (χ0n) is 8.62. The van der Waals surface area contributed by atoms with Crippen molar-refractivity contribution in [2.75, 3.05) is 13.7 Å². The number of aliphatic hydroxyl groups is 1. The molecule has 0 heterocycles. The van der Waals surface area contributed by atoms with Crippen LogP contribution >= 0.6 is 0 Å². The summed E-state index contributed by atoms with van der Waals surface area (Å²) in [5, 5.41) is 18.6. The standard InChI is InChI=1S/C10H14FNO3/c1-5-3-6(11)10(15-2)9(14)8(5)7(12)4-13/h3,7,13-14H,4,12H2,1-2H3. The molecule has 0 amide bonds. The Morgan fingerprint density at radius 2 is 2.20 bits per heavy atom. The monoisotopic (exact) mass is 215 g/mol. The van der Waals surface area contributed by atoms with Gasteiger partial charge in [-0.1, -0.05) is 0 Å². The summed E-state index contributed by atoms with van der Waals surface area (Å²) in [5.41, 5.74) is 6.36. The van der Waals surface area contributed by atoms with E-state index in [1.165, 1.54) is 13.2 Å². The molecule has 0 aromatic heterocycles. The van der Waals surface area contributed by atoms with E-state index in [4.69, 9.17) is 15.6 Å². The van der Waals surface area contributed by atoms with Gasteiger partial charge < -0.3 is 20.7 Å². The van der Waals surface area contributed by atoms with Gasteiger partial charge in [-0.2, -0.15) is 0 Å². The van der Waals surface area contributed by atoms with Crippen molar-refractivity contribution < 1.29 is 19.3 Å². The molecule has 4 N–H and O–H groups in total. The third-order valence-corrected chi connectivity index (χ3v) is 2.23. The molecule has 0 bridgehead atoms. The zero-order chi connectivity index (χ0) is 11.6. The minimum atomic E-state index is -0.750. The van der Waals surface area contributed by atoms with Crippen molar-refractivity contribution in [3.05, 3.63) is 23.0 Å². The van der Waals surface area contributed by atoms with E-state index in [0.717, 1.165) is 0 Å². The number of phenols is 1. The topological polar surface area (TPSA) is 75.7 Å². The fraction of sp³-hybridized carbons (Fsp3) is 0.400. The lowest BCUT2D eigenvalue weighted by atomic mass is 10.0. The van der Waals surface area contributed by atoms with Gasteiger partial charge in [0.2, 0.25) is 0 Å². The van der Waals surface area contributed by atoms with Gasteiger partial charge in [0.15, 0.2) is 17.3 Å². The summed E-state index contributed by atoms with van der Waals surface area (Å²) in [5.74, 6) is -1.25. The van der Waals surface area contributed by atoms with Gasteiger partial charge in [-0.25, -0.2) is 4.39 Å². The van der Waals surface area contributed by atoms with Gasteiger partial charge in [0.25, 0.3) is 0 Å². The van der Waals surface area contributed by atoms with Crippen LogP contribution in [0.15, 0.2) is 6.07 Å². The number of hydrogen-bond acceptors (Lipinski definition) is 4. The number of aliphatic hydroxyl groups excluding tert-OH is 1. The lowest BCUT2D eigenvalue weighted by Gasteiger charge is -2.16. The van der Waals surface area contributed by atoms with Gasteiger partial charge in [0.1, 0.15) is 0 Å². The van der Waals surface area contributed by atoms with Gasteiger partial charge in [-0.05, 0) is 18.6 Å². The highest BCUT2D eigenvalue weighted by Gasteiger charge is 2.20. The number of methoxy groups -OCH3 is 1. The van der Waals surface area contributed by atoms with Crippen LogP contribution in [0.3, 0.4) is 0 Å². The summed E-state index contributed by atoms with van der Waals surface area (Å²) in [6.45, 7) is 1.27. The molecule has 1 aromatic rings. The fourth-order valence-corrected chi connectivity index (χ4v) is 1.51. The van der Waals surface area contributed by atoms with E-state index >= 15 is 0 Å². The van der Waals surface area contributed by atoms with Gasteiger partial charge in [-0.3, -0.25) is 0 Å². The van der Waals surface area contributed by atoms with Crippen LogP contribution in [0.1, 0.15) is 17.2 Å². The molecule has 1 atom stereocenters. The van der Waals surface area contributed by atoms with Gasteiger partial charge >= 0.3 is 0 Å². The van der Waals surface area contributed by atoms with E-state index < -0.39 is 11.9 Å². The Morgan fingerprint density at radius 3 is 2.67 bits per heavy atom. The van der Waals surface area contributed by atoms with Crippen LogP contribution in [0.4, 0.5) is 4.39 Å². The number of ether oxygens (including phenoxy) is 1. The highest BCUT2D eigenvalue weighted by atomic mass is 19.1. The first-order valence-electron chi connectivity index (χ1n) is 4.45. The predicted molar refractivity (Wildman–Crippen MR) is 53.4 cm³/mol. The molecule has 0 fully saturated rings. The summed E-state index contributed by atoms with van der Waals surface area (Å²) in [4.78, 5) is 0. The second kappa shape index (κ2) is 4.46. The van der Waals surface area contributed by atoms with Crippen molar-refractivity contribution in [2.45, 2.75) is 13.0 Å². The highest BCUT2D eigenvalue weighted by Crippen LogP contribution is 2.37. The van der Waals surface area contributed by atoms with Crippen molar-refractivity contribution in [1.82, 2.24) is 0 Å². The molecule has 0 saturated carbocycles. The Hall–Kier alpha value is -1.33. The molecule has 1 rings (SSSR count). The molecule has 5 heteroatoms. The van der Waals surface area contributed by atoms with Crippen molar-refractivity contribution in [3.63, 3.8) is 0 Å². The van der Waals surface area contributed by atoms with E-state index in [1.54, 1.807) is 6.92 Å². The van der Waals surface area contributed by atoms with Crippen molar-refractivity contribution in [1.29, 1.82) is 0 Å². The average molecular weight is 215 g/mol. The third-order valence-electron chi connectivity index (χ3n) is 2.23. The van der Waals surface area contributed by atoms with Gasteiger partial charge in [0, 0.05) is 5.56 Å². The van der Waals surface area contributed by atoms with E-state index in [-0.39, 0.29) is 18.1 Å². The molecule has 0 radical (unpaired) electrons. The normalized spacial score (nSPS) is 12.6. The number of aromatic hydroxyl groups is 1. The minimum Gasteiger partial charge on any atom is -0.504 e. The Balaban J connectivity index is 3.38. The molecule has 0 aliphatic heterocycles. The number of aryl methyl sites for hydroxylation is 1. The van der Waals surface area contributed by atoms with Gasteiger partial charge in [-0.15, -0.1) is 0 Å². The Kier molecular flexibility index (Phi) is 3.49. The van der Waals surface area contributed by atoms with E-state index in [2.05, 4.69) is 0 Å². The molecule has 0 saturated heterocycles. The summed E-state index contributed by atoms with van der Waals surface area (Å²) in [7, 11) is 1.25. The summed E-state index contributed by atoms with van der Waals surface area (Å²) in [6.07, 6.45) is 0. The Labute approximate surface area is 87.1 Å². The molecular formula is C10H14FNO3. The van der Waals surface area contributed by atoms with Crippen molar-refractivity contribution >= 4 is 0 Å². The smallest absolute Gasteiger partial charge is 0.196 e. The lowest BCUT2D eigenvalue weighted by Crippen LogP contribution is -2.16. The molecule has 1 aromatic carbocycles. The first-order chi connectivity index (χ1) is 7.02. The van der Waals surface area contributed by atoms with Gasteiger partial charge in [0.05, 0.1) is 19.8 Å². The quantitative estimate of drug-likeness (QED) is 0.698. The first kappa shape index (κ1) is 11.7. The highest BCUT2D eigenvalue weighted by molar-refractivity contribution is 5.51. The van der Waals surface area contributed by atoms with E-state index in [1.807, 2.05) is 0 Å². The van der Waals surface area contributed by atoms with Crippen molar-refractivity contribution in [3.8, 4) is 11.5 Å². The maximum Gasteiger partial charge on any atom is 0.196 e. The summed E-state index contributed by atoms with van der Waals surface area (Å²) in [6, 6.07) is 0.461. The van der Waals surface area contributed by atoms with Crippen LogP contribution < -0.4 is 10.5 Å². The average Bonchev–Trinajstić information content (AvgIpc) is 2.17. The fourth-order valence-electron chi connectivity index (χ4n) is 1.51. The molecule has 0 spiro atoms. The van der Waals surface area contributed by atoms with Crippen LogP contribution in [0.5, 0.6) is 11.5 Å². The number of nitrogens with two attached hydrogens (primary N) is 1. The molecule has 0 aliphatic carbocycles. The zero-order valence-corrected chi connectivity index (χ0v) is 8.62. The molecule has 1 unspecified atom stereocenters. The largest absolute Gasteiger partial charge is 0.504 e. The molecular weight excluding hydrogens is 201 g/mol. The Bertz CT molecular complexity index is 368. The maximum atomic E-state index is 13.3. The predicted octanol–water partition coefficient (Wildman–Crippen LogP) is 0.840. The molecule has 15 heavy (non-hydrogen) atoms. The first-order valence-corrected chi connectivity index (χ1v) is 4.45. The number of hydrogen-bond donors (Lipinski definition) is 3. The van der Waals surface area contributed by atoms with Crippen LogP contribution in [-0.2, 0) is 0 Å². The second-order valence-electron chi connectivity index (χ2n) is 3.26. The molecule has 84 valence electrons. The Morgan fingerprint density at radius 1 is 1.60 bits per heavy atom. The van der Waals surface area contributed by atoms with Crippen LogP contribution in [0, 0.1) is 12.7 Å². The molecule has 0 aliphatic rings. The minimum absolute atomic E-state index is 0.250. The number of halogens is 1. The van der Waals surface area contributed by atoms with E-state index in [0.29, 0.717) is 11.1 Å². The number of benzene rings is 1. The lowest BCUT2D eigenvalue weighted by molar-refractivity contribution is 0.263. The van der Waals surface area contributed by atoms with E-state index in [9.17, 15) is 9.50 Å².